The van der Waals surface area contributed by atoms with Crippen molar-refractivity contribution in [3.8, 4) is 0 Å². The van der Waals surface area contributed by atoms with Crippen LogP contribution in [-0.2, 0) is 0 Å². The molecule has 0 aliphatic heterocycles. The van der Waals surface area contributed by atoms with Crippen molar-refractivity contribution in [3.63, 3.8) is 0 Å². The second kappa shape index (κ2) is 5.89. The van der Waals surface area contributed by atoms with Crippen LogP contribution in [0.15, 0.2) is 28.7 Å². The Morgan fingerprint density at radius 1 is 1.28 bits per heavy atom. The van der Waals surface area contributed by atoms with E-state index in [0.29, 0.717) is 5.92 Å². The molecule has 1 unspecified atom stereocenters. The lowest BCUT2D eigenvalue weighted by molar-refractivity contribution is 0.605. The lowest BCUT2D eigenvalue weighted by atomic mass is 10.0. The molecule has 1 atom stereocenters. The van der Waals surface area contributed by atoms with E-state index in [-0.39, 0.29) is 0 Å². The normalized spacial score (nSPS) is 17.8. The molecule has 1 fully saturated rings. The lowest BCUT2D eigenvalue weighted by Gasteiger charge is -2.26. The van der Waals surface area contributed by atoms with E-state index >= 15 is 0 Å². The summed E-state index contributed by atoms with van der Waals surface area (Å²) in [7, 11) is -1.04. The molecule has 0 heterocycles. The van der Waals surface area contributed by atoms with Crippen LogP contribution in [0.25, 0.3) is 0 Å². The second-order valence-corrected chi connectivity index (χ2v) is 13.0. The molecule has 0 amide bonds. The van der Waals surface area contributed by atoms with Crippen molar-refractivity contribution in [2.45, 2.75) is 50.5 Å². The summed E-state index contributed by atoms with van der Waals surface area (Å²) in [5, 5.41) is 3.71. The summed E-state index contributed by atoms with van der Waals surface area (Å²) in [5.41, 5.74) is 1.48. The van der Waals surface area contributed by atoms with E-state index < -0.39 is 8.07 Å². The molecule has 3 heteroatoms. The van der Waals surface area contributed by atoms with Gasteiger partial charge in [0.1, 0.15) is 0 Å². The van der Waals surface area contributed by atoms with Crippen molar-refractivity contribution in [1.82, 2.24) is 5.32 Å². The molecule has 0 spiro atoms. The third-order valence-corrected chi connectivity index (χ3v) is 5.87. The molecule has 0 bridgehead atoms. The van der Waals surface area contributed by atoms with Crippen LogP contribution in [0.1, 0.15) is 24.3 Å². The number of rotatable bonds is 6. The van der Waals surface area contributed by atoms with Gasteiger partial charge in [-0.15, -0.1) is 0 Å². The van der Waals surface area contributed by atoms with Gasteiger partial charge >= 0.3 is 0 Å². The zero-order valence-electron chi connectivity index (χ0n) is 11.7. The molecule has 1 aliphatic rings. The molecule has 1 aliphatic carbocycles. The molecule has 1 nitrogen and oxygen atoms in total. The average Bonchev–Trinajstić information content (AvgIpc) is 3.07. The standard InChI is InChI=1S/C15H24BrNSi/c1-18(2,3)11-12(10-17-13-8-9-13)14-6-4-5-7-15(14)16/h4-7,12-13,17H,8-11H2,1-3H3. The van der Waals surface area contributed by atoms with E-state index in [2.05, 4.69) is 65.2 Å². The average molecular weight is 326 g/mol. The van der Waals surface area contributed by atoms with Crippen LogP contribution < -0.4 is 5.32 Å². The van der Waals surface area contributed by atoms with E-state index in [1.807, 2.05) is 0 Å². The van der Waals surface area contributed by atoms with Crippen LogP contribution in [0.2, 0.25) is 25.7 Å². The molecule has 1 aromatic carbocycles. The molecule has 1 saturated carbocycles. The SMILES string of the molecule is C[Si](C)(C)CC(CNC1CC1)c1ccccc1Br. The Morgan fingerprint density at radius 3 is 2.50 bits per heavy atom. The van der Waals surface area contributed by atoms with Gasteiger partial charge in [-0.05, 0) is 36.4 Å². The summed E-state index contributed by atoms with van der Waals surface area (Å²) in [6.45, 7) is 8.54. The first-order valence-electron chi connectivity index (χ1n) is 6.93. The van der Waals surface area contributed by atoms with E-state index in [1.165, 1.54) is 28.9 Å². The first-order valence-corrected chi connectivity index (χ1v) is 11.4. The third kappa shape index (κ3) is 4.52. The maximum Gasteiger partial charge on any atom is 0.0449 e. The van der Waals surface area contributed by atoms with E-state index in [0.717, 1.165) is 12.6 Å². The number of benzene rings is 1. The van der Waals surface area contributed by atoms with Gasteiger partial charge in [-0.1, -0.05) is 53.8 Å². The van der Waals surface area contributed by atoms with E-state index in [9.17, 15) is 0 Å². The van der Waals surface area contributed by atoms with Crippen molar-refractivity contribution >= 4 is 24.0 Å². The summed E-state index contributed by atoms with van der Waals surface area (Å²) in [5.74, 6) is 0.660. The zero-order chi connectivity index (χ0) is 13.2. The predicted molar refractivity (Wildman–Crippen MR) is 86.1 cm³/mol. The first-order chi connectivity index (χ1) is 8.46. The van der Waals surface area contributed by atoms with E-state index in [1.54, 1.807) is 0 Å². The summed E-state index contributed by atoms with van der Waals surface area (Å²) in [4.78, 5) is 0. The topological polar surface area (TPSA) is 12.0 Å². The minimum Gasteiger partial charge on any atom is -0.313 e. The summed E-state index contributed by atoms with van der Waals surface area (Å²) < 4.78 is 1.27. The Labute approximate surface area is 121 Å². The monoisotopic (exact) mass is 325 g/mol. The van der Waals surface area contributed by atoms with Crippen molar-refractivity contribution in [1.29, 1.82) is 0 Å². The van der Waals surface area contributed by atoms with Gasteiger partial charge in [0.15, 0.2) is 0 Å². The highest BCUT2D eigenvalue weighted by molar-refractivity contribution is 9.10. The molecule has 18 heavy (non-hydrogen) atoms. The molecule has 2 rings (SSSR count). The van der Waals surface area contributed by atoms with Gasteiger partial charge in [0.25, 0.3) is 0 Å². The number of hydrogen-bond donors (Lipinski definition) is 1. The van der Waals surface area contributed by atoms with Crippen molar-refractivity contribution in [2.24, 2.45) is 0 Å². The Morgan fingerprint density at radius 2 is 1.94 bits per heavy atom. The molecule has 1 N–H and O–H groups in total. The van der Waals surface area contributed by atoms with Gasteiger partial charge in [0, 0.05) is 25.1 Å². The molecule has 1 aromatic rings. The Kier molecular flexibility index (Phi) is 4.68. The molecular weight excluding hydrogens is 302 g/mol. The second-order valence-electron chi connectivity index (χ2n) is 6.67. The molecule has 0 radical (unpaired) electrons. The Bertz CT molecular complexity index is 396. The van der Waals surface area contributed by atoms with Gasteiger partial charge in [0.2, 0.25) is 0 Å². The van der Waals surface area contributed by atoms with Gasteiger partial charge in [-0.25, -0.2) is 0 Å². The summed E-state index contributed by atoms with van der Waals surface area (Å²) in [6, 6.07) is 10.9. The highest BCUT2D eigenvalue weighted by Crippen LogP contribution is 2.32. The summed E-state index contributed by atoms with van der Waals surface area (Å²) in [6.07, 6.45) is 2.74. The summed E-state index contributed by atoms with van der Waals surface area (Å²) >= 11 is 3.71. The first kappa shape index (κ1) is 14.3. The van der Waals surface area contributed by atoms with Crippen molar-refractivity contribution in [3.05, 3.63) is 34.3 Å². The number of hydrogen-bond acceptors (Lipinski definition) is 1. The number of nitrogens with one attached hydrogen (secondary N) is 1. The Hall–Kier alpha value is -0.123. The van der Waals surface area contributed by atoms with Gasteiger partial charge in [-0.3, -0.25) is 0 Å². The molecular formula is C15H24BrNSi. The Balaban J connectivity index is 2.09. The van der Waals surface area contributed by atoms with Crippen LogP contribution in [-0.4, -0.2) is 20.7 Å². The van der Waals surface area contributed by atoms with Crippen LogP contribution in [0.3, 0.4) is 0 Å². The predicted octanol–water partition coefficient (Wildman–Crippen LogP) is 4.62. The van der Waals surface area contributed by atoms with Crippen LogP contribution in [0.4, 0.5) is 0 Å². The molecule has 0 saturated heterocycles. The smallest absolute Gasteiger partial charge is 0.0449 e. The van der Waals surface area contributed by atoms with Crippen molar-refractivity contribution in [2.75, 3.05) is 6.54 Å². The van der Waals surface area contributed by atoms with Crippen molar-refractivity contribution < 1.29 is 0 Å². The minimum atomic E-state index is -1.04. The maximum atomic E-state index is 3.71. The van der Waals surface area contributed by atoms with Gasteiger partial charge in [0.05, 0.1) is 0 Å². The van der Waals surface area contributed by atoms with Gasteiger partial charge in [-0.2, -0.15) is 0 Å². The fourth-order valence-corrected chi connectivity index (χ4v) is 4.89. The van der Waals surface area contributed by atoms with Crippen LogP contribution in [0, 0.1) is 0 Å². The highest BCUT2D eigenvalue weighted by atomic mass is 79.9. The molecule has 100 valence electrons. The van der Waals surface area contributed by atoms with Gasteiger partial charge < -0.3 is 5.32 Å². The largest absolute Gasteiger partial charge is 0.313 e. The quantitative estimate of drug-likeness (QED) is 0.752. The third-order valence-electron chi connectivity index (χ3n) is 3.43. The van der Waals surface area contributed by atoms with E-state index in [4.69, 9.17) is 0 Å². The fraction of sp³-hybridized carbons (Fsp3) is 0.600. The molecule has 0 aromatic heterocycles. The fourth-order valence-electron chi connectivity index (χ4n) is 2.43. The number of halogens is 1. The maximum absolute atomic E-state index is 3.71. The van der Waals surface area contributed by atoms with Crippen LogP contribution >= 0.6 is 15.9 Å². The highest BCUT2D eigenvalue weighted by Gasteiger charge is 2.26. The minimum absolute atomic E-state index is 0.660. The lowest BCUT2D eigenvalue weighted by Crippen LogP contribution is -2.30. The van der Waals surface area contributed by atoms with Crippen LogP contribution in [0.5, 0.6) is 0 Å². The zero-order valence-corrected chi connectivity index (χ0v) is 14.3.